The van der Waals surface area contributed by atoms with E-state index in [1.54, 1.807) is 11.3 Å². The highest BCUT2D eigenvalue weighted by Crippen LogP contribution is 2.11. The van der Waals surface area contributed by atoms with Gasteiger partial charge in [-0.3, -0.25) is 4.79 Å². The fourth-order valence-electron chi connectivity index (χ4n) is 1.86. The van der Waals surface area contributed by atoms with Gasteiger partial charge in [0.1, 0.15) is 0 Å². The molecular formula is C11H19Cl2N3OS. The molecule has 1 aliphatic heterocycles. The van der Waals surface area contributed by atoms with E-state index in [1.165, 1.54) is 6.42 Å². The summed E-state index contributed by atoms with van der Waals surface area (Å²) in [5.41, 5.74) is 0. The van der Waals surface area contributed by atoms with E-state index in [0.717, 1.165) is 29.3 Å². The molecule has 1 aromatic heterocycles. The van der Waals surface area contributed by atoms with Crippen LogP contribution in [-0.2, 0) is 11.3 Å². The van der Waals surface area contributed by atoms with Crippen LogP contribution in [0.2, 0.25) is 0 Å². The van der Waals surface area contributed by atoms with Gasteiger partial charge in [0.15, 0.2) is 0 Å². The number of nitrogens with zero attached hydrogens (tertiary/aromatic N) is 1. The maximum Gasteiger partial charge on any atom is 0.237 e. The topological polar surface area (TPSA) is 54.0 Å². The van der Waals surface area contributed by atoms with Gasteiger partial charge in [-0.2, -0.15) is 0 Å². The maximum absolute atomic E-state index is 11.8. The molecule has 1 saturated heterocycles. The van der Waals surface area contributed by atoms with Gasteiger partial charge < -0.3 is 10.6 Å². The van der Waals surface area contributed by atoms with Gasteiger partial charge in [0.05, 0.1) is 17.6 Å². The van der Waals surface area contributed by atoms with Crippen molar-refractivity contribution >= 4 is 42.1 Å². The highest BCUT2D eigenvalue weighted by molar-refractivity contribution is 7.11. The van der Waals surface area contributed by atoms with Crippen LogP contribution in [0.25, 0.3) is 0 Å². The normalized spacial score (nSPS) is 18.4. The van der Waals surface area contributed by atoms with Gasteiger partial charge in [0.25, 0.3) is 0 Å². The molecule has 0 radical (unpaired) electrons. The predicted molar refractivity (Wildman–Crippen MR) is 78.8 cm³/mol. The molecule has 0 aliphatic carbocycles. The number of nitrogens with one attached hydrogen (secondary N) is 2. The van der Waals surface area contributed by atoms with Crippen LogP contribution in [0.1, 0.15) is 29.1 Å². The summed E-state index contributed by atoms with van der Waals surface area (Å²) in [5, 5.41) is 7.23. The zero-order valence-electron chi connectivity index (χ0n) is 10.3. The molecule has 0 bridgehead atoms. The standard InChI is InChI=1S/C11H17N3OS.2ClH/c1-8-13-6-9(16-8)7-14-11(15)10-4-2-3-5-12-10;;/h6,10,12H,2-5,7H2,1H3,(H,14,15);2*1H/t10-;;/m0../s1. The second-order valence-electron chi connectivity index (χ2n) is 4.07. The van der Waals surface area contributed by atoms with E-state index in [2.05, 4.69) is 15.6 Å². The number of piperidine rings is 1. The molecule has 1 fully saturated rings. The highest BCUT2D eigenvalue weighted by Gasteiger charge is 2.19. The SMILES string of the molecule is Cc1ncc(CNC(=O)[C@@H]2CCCCN2)s1.Cl.Cl. The number of amides is 1. The highest BCUT2D eigenvalue weighted by atomic mass is 35.5. The lowest BCUT2D eigenvalue weighted by Gasteiger charge is -2.22. The van der Waals surface area contributed by atoms with E-state index in [9.17, 15) is 4.79 Å². The second-order valence-corrected chi connectivity index (χ2v) is 5.39. The molecule has 18 heavy (non-hydrogen) atoms. The minimum atomic E-state index is 0. The number of aryl methyl sites for hydroxylation is 1. The van der Waals surface area contributed by atoms with Gasteiger partial charge in [-0.1, -0.05) is 6.42 Å². The van der Waals surface area contributed by atoms with Gasteiger partial charge in [-0.15, -0.1) is 36.2 Å². The number of aromatic nitrogens is 1. The first-order valence-corrected chi connectivity index (χ1v) is 6.50. The smallest absolute Gasteiger partial charge is 0.237 e. The monoisotopic (exact) mass is 311 g/mol. The molecule has 0 saturated carbocycles. The summed E-state index contributed by atoms with van der Waals surface area (Å²) in [4.78, 5) is 17.1. The minimum absolute atomic E-state index is 0. The lowest BCUT2D eigenvalue weighted by molar-refractivity contribution is -0.123. The van der Waals surface area contributed by atoms with Gasteiger partial charge in [-0.05, 0) is 26.3 Å². The van der Waals surface area contributed by atoms with Crippen LogP contribution in [0.3, 0.4) is 0 Å². The zero-order valence-corrected chi connectivity index (χ0v) is 12.7. The van der Waals surface area contributed by atoms with Crippen LogP contribution in [0.5, 0.6) is 0 Å². The number of thiazole rings is 1. The molecular weight excluding hydrogens is 293 g/mol. The summed E-state index contributed by atoms with van der Waals surface area (Å²) in [6.07, 6.45) is 5.10. The molecule has 1 aliphatic rings. The van der Waals surface area contributed by atoms with Crippen molar-refractivity contribution in [1.82, 2.24) is 15.6 Å². The Balaban J connectivity index is 0.00000144. The van der Waals surface area contributed by atoms with Crippen molar-refractivity contribution in [2.24, 2.45) is 0 Å². The van der Waals surface area contributed by atoms with E-state index in [0.29, 0.717) is 6.54 Å². The fourth-order valence-corrected chi connectivity index (χ4v) is 2.59. The Morgan fingerprint density at radius 3 is 2.89 bits per heavy atom. The van der Waals surface area contributed by atoms with E-state index in [4.69, 9.17) is 0 Å². The fraction of sp³-hybridized carbons (Fsp3) is 0.636. The maximum atomic E-state index is 11.8. The lowest BCUT2D eigenvalue weighted by atomic mass is 10.0. The Hall–Kier alpha value is -0.360. The first-order valence-electron chi connectivity index (χ1n) is 5.68. The molecule has 1 aromatic rings. The second kappa shape index (κ2) is 8.69. The van der Waals surface area contributed by atoms with E-state index in [1.807, 2.05) is 13.1 Å². The molecule has 0 aromatic carbocycles. The van der Waals surface area contributed by atoms with Crippen molar-refractivity contribution < 1.29 is 4.79 Å². The Kier molecular flexibility index (Phi) is 8.52. The van der Waals surface area contributed by atoms with Gasteiger partial charge in [0, 0.05) is 11.1 Å². The van der Waals surface area contributed by atoms with Crippen molar-refractivity contribution in [1.29, 1.82) is 0 Å². The summed E-state index contributed by atoms with van der Waals surface area (Å²) in [6, 6.07) is 0.00256. The van der Waals surface area contributed by atoms with Crippen molar-refractivity contribution in [3.05, 3.63) is 16.1 Å². The molecule has 2 rings (SSSR count). The van der Waals surface area contributed by atoms with Crippen molar-refractivity contribution in [2.45, 2.75) is 38.8 Å². The van der Waals surface area contributed by atoms with Gasteiger partial charge >= 0.3 is 0 Å². The molecule has 2 N–H and O–H groups in total. The van der Waals surface area contributed by atoms with Crippen LogP contribution in [-0.4, -0.2) is 23.5 Å². The van der Waals surface area contributed by atoms with Crippen LogP contribution in [0.4, 0.5) is 0 Å². The van der Waals surface area contributed by atoms with Crippen molar-refractivity contribution in [2.75, 3.05) is 6.54 Å². The predicted octanol–water partition coefficient (Wildman–Crippen LogP) is 2.05. The molecule has 4 nitrogen and oxygen atoms in total. The third-order valence-electron chi connectivity index (χ3n) is 2.73. The number of carbonyl (C=O) groups excluding carboxylic acids is 1. The van der Waals surface area contributed by atoms with Crippen LogP contribution in [0.15, 0.2) is 6.20 Å². The zero-order chi connectivity index (χ0) is 11.4. The molecule has 0 unspecified atom stereocenters. The number of hydrogen-bond acceptors (Lipinski definition) is 4. The van der Waals surface area contributed by atoms with E-state index < -0.39 is 0 Å². The van der Waals surface area contributed by atoms with Gasteiger partial charge in [-0.25, -0.2) is 4.98 Å². The van der Waals surface area contributed by atoms with E-state index in [-0.39, 0.29) is 36.8 Å². The molecule has 7 heteroatoms. The Morgan fingerprint density at radius 2 is 2.33 bits per heavy atom. The van der Waals surface area contributed by atoms with Crippen LogP contribution >= 0.6 is 36.2 Å². The molecule has 1 atom stereocenters. The summed E-state index contributed by atoms with van der Waals surface area (Å²) in [7, 11) is 0. The first kappa shape index (κ1) is 17.6. The van der Waals surface area contributed by atoms with E-state index >= 15 is 0 Å². The van der Waals surface area contributed by atoms with Crippen LogP contribution in [0, 0.1) is 6.92 Å². The Labute approximate surface area is 124 Å². The number of carbonyl (C=O) groups is 1. The number of hydrogen-bond donors (Lipinski definition) is 2. The number of rotatable bonds is 3. The minimum Gasteiger partial charge on any atom is -0.350 e. The number of halogens is 2. The summed E-state index contributed by atoms with van der Waals surface area (Å²) < 4.78 is 0. The average Bonchev–Trinajstić information content (AvgIpc) is 2.73. The Bertz CT molecular complexity index is 367. The summed E-state index contributed by atoms with van der Waals surface area (Å²) in [5.74, 6) is 0.116. The average molecular weight is 312 g/mol. The largest absolute Gasteiger partial charge is 0.350 e. The molecule has 1 amide bonds. The first-order chi connectivity index (χ1) is 7.75. The molecule has 2 heterocycles. The van der Waals surface area contributed by atoms with Crippen molar-refractivity contribution in [3.8, 4) is 0 Å². The van der Waals surface area contributed by atoms with Crippen molar-refractivity contribution in [3.63, 3.8) is 0 Å². The third-order valence-corrected chi connectivity index (χ3v) is 3.65. The quantitative estimate of drug-likeness (QED) is 0.898. The van der Waals surface area contributed by atoms with Crippen LogP contribution < -0.4 is 10.6 Å². The summed E-state index contributed by atoms with van der Waals surface area (Å²) >= 11 is 1.63. The van der Waals surface area contributed by atoms with Gasteiger partial charge in [0.2, 0.25) is 5.91 Å². The third kappa shape index (κ3) is 5.10. The summed E-state index contributed by atoms with van der Waals surface area (Å²) in [6.45, 7) is 3.53. The molecule has 0 spiro atoms. The molecule has 104 valence electrons. The lowest BCUT2D eigenvalue weighted by Crippen LogP contribution is -2.46. The Morgan fingerprint density at radius 1 is 1.56 bits per heavy atom.